The van der Waals surface area contributed by atoms with Gasteiger partial charge in [0, 0.05) is 30.1 Å². The molecular formula is C50H44F6N2O4S. The lowest BCUT2D eigenvalue weighted by atomic mass is 9.84. The summed E-state index contributed by atoms with van der Waals surface area (Å²) in [5.74, 6) is -15.3. The van der Waals surface area contributed by atoms with Gasteiger partial charge in [0.05, 0.1) is 10.3 Å². The fourth-order valence-electron chi connectivity index (χ4n) is 7.70. The van der Waals surface area contributed by atoms with Crippen LogP contribution < -0.4 is 15.0 Å². The number of nitrogens with one attached hydrogen (secondary N) is 1. The second-order valence-electron chi connectivity index (χ2n) is 16.2. The van der Waals surface area contributed by atoms with Gasteiger partial charge in [0.15, 0.2) is 0 Å². The summed E-state index contributed by atoms with van der Waals surface area (Å²) < 4.78 is 95.7. The first kappa shape index (κ1) is 45.0. The van der Waals surface area contributed by atoms with Crippen LogP contribution in [0.1, 0.15) is 65.4 Å². The van der Waals surface area contributed by atoms with E-state index in [9.17, 15) is 35.9 Å². The lowest BCUT2D eigenvalue weighted by Gasteiger charge is -2.37. The maximum Gasteiger partial charge on any atom is 0.414 e. The molecule has 2 atom stereocenters. The predicted octanol–water partition coefficient (Wildman–Crippen LogP) is 11.7. The average molecular weight is 883 g/mol. The molecular weight excluding hydrogens is 839 g/mol. The van der Waals surface area contributed by atoms with Crippen LogP contribution in [0.2, 0.25) is 0 Å². The van der Waals surface area contributed by atoms with Gasteiger partial charge in [-0.25, -0.2) is 27.2 Å². The van der Waals surface area contributed by atoms with Crippen LogP contribution in [0.5, 0.6) is 5.75 Å². The number of thioether (sulfide) groups is 1. The number of ether oxygens (including phenoxy) is 2. The van der Waals surface area contributed by atoms with E-state index in [0.29, 0.717) is 18.5 Å². The summed E-state index contributed by atoms with van der Waals surface area (Å²) in [4.78, 5) is 29.3. The van der Waals surface area contributed by atoms with Gasteiger partial charge in [-0.3, -0.25) is 4.90 Å². The number of hydrogen-bond donors (Lipinski definition) is 1. The van der Waals surface area contributed by atoms with Crippen LogP contribution in [0.15, 0.2) is 133 Å². The minimum atomic E-state index is -2.41. The Kier molecular flexibility index (Phi) is 13.7. The zero-order valence-electron chi connectivity index (χ0n) is 34.6. The summed E-state index contributed by atoms with van der Waals surface area (Å²) in [7, 11) is 0. The highest BCUT2D eigenvalue weighted by Crippen LogP contribution is 2.51. The van der Waals surface area contributed by atoms with Gasteiger partial charge in [-0.1, -0.05) is 109 Å². The largest absolute Gasteiger partial charge is 0.443 e. The number of anilines is 1. The van der Waals surface area contributed by atoms with E-state index in [2.05, 4.69) is 41.7 Å². The Morgan fingerprint density at radius 2 is 1.21 bits per heavy atom. The summed E-state index contributed by atoms with van der Waals surface area (Å²) >= 11 is 1.81. The van der Waals surface area contributed by atoms with E-state index in [4.69, 9.17) is 9.47 Å². The van der Waals surface area contributed by atoms with Crippen molar-refractivity contribution in [3.8, 4) is 5.75 Å². The average Bonchev–Trinajstić information content (AvgIpc) is 3.74. The second-order valence-corrected chi connectivity index (χ2v) is 17.7. The number of benzene rings is 6. The van der Waals surface area contributed by atoms with Gasteiger partial charge < -0.3 is 14.8 Å². The Hall–Kier alpha value is -6.05. The molecule has 1 heterocycles. The van der Waals surface area contributed by atoms with Crippen molar-refractivity contribution in [3.05, 3.63) is 202 Å². The van der Waals surface area contributed by atoms with Crippen LogP contribution in [-0.4, -0.2) is 42.0 Å². The molecule has 1 N–H and O–H groups in total. The van der Waals surface area contributed by atoms with E-state index in [1.807, 2.05) is 54.6 Å². The third kappa shape index (κ3) is 10.1. The summed E-state index contributed by atoms with van der Waals surface area (Å²) in [6.07, 6.45) is 0.211. The molecule has 0 radical (unpaired) electrons. The highest BCUT2D eigenvalue weighted by Gasteiger charge is 2.42. The zero-order chi connectivity index (χ0) is 44.9. The van der Waals surface area contributed by atoms with Gasteiger partial charge in [-0.15, -0.1) is 11.8 Å². The molecule has 6 aromatic rings. The Bertz CT molecular complexity index is 2430. The topological polar surface area (TPSA) is 67.9 Å². The molecule has 0 unspecified atom stereocenters. The number of rotatable bonds is 13. The lowest BCUT2D eigenvalue weighted by molar-refractivity contribution is 0.0576. The van der Waals surface area contributed by atoms with Gasteiger partial charge in [0.25, 0.3) is 0 Å². The van der Waals surface area contributed by atoms with Crippen molar-refractivity contribution in [2.75, 3.05) is 18.0 Å². The van der Waals surface area contributed by atoms with Gasteiger partial charge >= 0.3 is 12.1 Å². The first-order valence-electron chi connectivity index (χ1n) is 20.3. The van der Waals surface area contributed by atoms with Crippen molar-refractivity contribution >= 4 is 29.5 Å². The molecule has 1 fully saturated rings. The van der Waals surface area contributed by atoms with Gasteiger partial charge in [0.1, 0.15) is 11.4 Å². The van der Waals surface area contributed by atoms with E-state index in [1.54, 1.807) is 50.7 Å². The van der Waals surface area contributed by atoms with E-state index >= 15 is 0 Å². The standard InChI is InChI=1S/C50H44F6N2O4S/c1-49(2,3)62-48(60)58(30-37-27-39(29-57-37)63-50(33-13-7-4-8-14-33,34-15-9-5-10-16-34)35-17-11-6-12-18-35)38-26-23-32(22-19-31-20-24-36(51)25-21-31)40(28-38)47(59)61-46-44(55)42(53)41(52)43(54)45(46)56/h4-18,20-21,23-26,28,37,39,57H,19,22,27,29-30H2,1-3H3/t37-,39-/m0/s1. The normalized spacial score (nSPS) is 15.3. The number of halogens is 6. The summed E-state index contributed by atoms with van der Waals surface area (Å²) in [5, 5.41) is 3.60. The van der Waals surface area contributed by atoms with Gasteiger partial charge in [-0.05, 0) is 92.1 Å². The molecule has 6 aromatic carbocycles. The Labute approximate surface area is 366 Å². The van der Waals surface area contributed by atoms with Crippen LogP contribution in [0.4, 0.5) is 36.8 Å². The molecule has 0 spiro atoms. The summed E-state index contributed by atoms with van der Waals surface area (Å²) in [6.45, 7) is 5.73. The first-order valence-corrected chi connectivity index (χ1v) is 21.2. The summed E-state index contributed by atoms with van der Waals surface area (Å²) in [5.41, 5.74) is 3.12. The van der Waals surface area contributed by atoms with Crippen molar-refractivity contribution in [2.24, 2.45) is 0 Å². The lowest BCUT2D eigenvalue weighted by Crippen LogP contribution is -2.44. The fourth-order valence-corrected chi connectivity index (χ4v) is 9.52. The molecule has 6 nitrogen and oxygen atoms in total. The Morgan fingerprint density at radius 3 is 1.73 bits per heavy atom. The molecule has 0 saturated carbocycles. The molecule has 1 aliphatic heterocycles. The first-order chi connectivity index (χ1) is 30.1. The number of carbonyl (C=O) groups is 2. The van der Waals surface area contributed by atoms with Gasteiger partial charge in [-0.2, -0.15) is 8.78 Å². The smallest absolute Gasteiger partial charge is 0.414 e. The maximum absolute atomic E-state index is 14.8. The molecule has 326 valence electrons. The van der Waals surface area contributed by atoms with Crippen molar-refractivity contribution in [3.63, 3.8) is 0 Å². The minimum absolute atomic E-state index is 0.0248. The molecule has 0 aliphatic carbocycles. The maximum atomic E-state index is 14.8. The van der Waals surface area contributed by atoms with Crippen molar-refractivity contribution in [2.45, 2.75) is 61.7 Å². The number of aryl methyl sites for hydroxylation is 2. The van der Waals surface area contributed by atoms with Crippen molar-refractivity contribution < 1.29 is 45.4 Å². The SMILES string of the molecule is CC(C)(C)OC(=O)N(C[C@@H]1C[C@H](SC(c2ccccc2)(c2ccccc2)c2ccccc2)CN1)c1ccc(CCc2ccc(F)cc2)c(C(=O)Oc2c(F)c(F)c(F)c(F)c2F)c1. The third-order valence-corrected chi connectivity index (χ3v) is 12.4. The molecule has 7 rings (SSSR count). The number of esters is 1. The number of amides is 1. The molecule has 13 heteroatoms. The Morgan fingerprint density at radius 1 is 0.683 bits per heavy atom. The van der Waals surface area contributed by atoms with Crippen LogP contribution in [-0.2, 0) is 22.3 Å². The van der Waals surface area contributed by atoms with Crippen LogP contribution >= 0.6 is 11.8 Å². The van der Waals surface area contributed by atoms with Crippen LogP contribution in [0.25, 0.3) is 0 Å². The Balaban J connectivity index is 1.23. The zero-order valence-corrected chi connectivity index (χ0v) is 35.5. The van der Waals surface area contributed by atoms with Crippen LogP contribution in [0.3, 0.4) is 0 Å². The minimum Gasteiger partial charge on any atom is -0.443 e. The molecule has 1 amide bonds. The quantitative estimate of drug-likeness (QED) is 0.0311. The molecule has 1 aliphatic rings. The molecule has 63 heavy (non-hydrogen) atoms. The number of nitrogens with zero attached hydrogens (tertiary/aromatic N) is 1. The molecule has 0 bridgehead atoms. The fraction of sp³-hybridized carbons (Fsp3) is 0.240. The van der Waals surface area contributed by atoms with Crippen LogP contribution in [0, 0.1) is 34.9 Å². The summed E-state index contributed by atoms with van der Waals surface area (Å²) in [6, 6.07) is 40.5. The monoisotopic (exact) mass is 882 g/mol. The number of hydrogen-bond acceptors (Lipinski definition) is 6. The van der Waals surface area contributed by atoms with E-state index < -0.39 is 63.1 Å². The third-order valence-electron chi connectivity index (χ3n) is 10.7. The van der Waals surface area contributed by atoms with Gasteiger partial charge in [0.2, 0.25) is 34.8 Å². The van der Waals surface area contributed by atoms with E-state index in [1.165, 1.54) is 29.2 Å². The highest BCUT2D eigenvalue weighted by molar-refractivity contribution is 8.01. The highest BCUT2D eigenvalue weighted by atomic mass is 32.2. The van der Waals surface area contributed by atoms with E-state index in [0.717, 1.165) is 16.7 Å². The molecule has 1 saturated heterocycles. The van der Waals surface area contributed by atoms with Crippen molar-refractivity contribution in [1.29, 1.82) is 0 Å². The molecule has 0 aromatic heterocycles. The number of carbonyl (C=O) groups excluding carboxylic acids is 2. The predicted molar refractivity (Wildman–Crippen MR) is 232 cm³/mol. The van der Waals surface area contributed by atoms with E-state index in [-0.39, 0.29) is 47.5 Å². The van der Waals surface area contributed by atoms with Crippen molar-refractivity contribution in [1.82, 2.24) is 5.32 Å². The second kappa shape index (κ2) is 19.1.